The third-order valence-electron chi connectivity index (χ3n) is 5.10. The quantitative estimate of drug-likeness (QED) is 0.834. The Morgan fingerprint density at radius 1 is 1.15 bits per heavy atom. The van der Waals surface area contributed by atoms with Crippen LogP contribution in [-0.2, 0) is 21.4 Å². The average Bonchev–Trinajstić information content (AvgIpc) is 3.14. The Morgan fingerprint density at radius 3 is 2.54 bits per heavy atom. The molecular formula is C18H27N3O4S. The van der Waals surface area contributed by atoms with E-state index in [1.54, 1.807) is 0 Å². The van der Waals surface area contributed by atoms with Gasteiger partial charge in [0.25, 0.3) is 0 Å². The SMILES string of the molecule is CN1CCC(NS(=O)(=O)C2CCN(C(=O)OCc3ccccc3)C2)CC1. The van der Waals surface area contributed by atoms with Gasteiger partial charge in [-0.15, -0.1) is 0 Å². The zero-order valence-electron chi connectivity index (χ0n) is 15.1. The number of amides is 1. The van der Waals surface area contributed by atoms with Gasteiger partial charge < -0.3 is 14.5 Å². The molecule has 2 aliphatic rings. The number of hydrogen-bond donors (Lipinski definition) is 1. The summed E-state index contributed by atoms with van der Waals surface area (Å²) in [5, 5.41) is -0.563. The van der Waals surface area contributed by atoms with Gasteiger partial charge in [0.05, 0.1) is 5.25 Å². The Balaban J connectivity index is 1.48. The van der Waals surface area contributed by atoms with Gasteiger partial charge in [0.15, 0.2) is 0 Å². The highest BCUT2D eigenvalue weighted by molar-refractivity contribution is 7.90. The first kappa shape index (κ1) is 19.1. The van der Waals surface area contributed by atoms with E-state index in [4.69, 9.17) is 4.74 Å². The van der Waals surface area contributed by atoms with Crippen LogP contribution in [0.15, 0.2) is 30.3 Å². The number of nitrogens with zero attached hydrogens (tertiary/aromatic N) is 2. The van der Waals surface area contributed by atoms with Crippen LogP contribution < -0.4 is 4.72 Å². The molecule has 1 aromatic rings. The van der Waals surface area contributed by atoms with Gasteiger partial charge >= 0.3 is 6.09 Å². The molecule has 2 fully saturated rings. The molecule has 2 saturated heterocycles. The summed E-state index contributed by atoms with van der Waals surface area (Å²) in [7, 11) is -1.39. The molecule has 0 saturated carbocycles. The first-order valence-corrected chi connectivity index (χ1v) is 10.6. The van der Waals surface area contributed by atoms with E-state index in [9.17, 15) is 13.2 Å². The van der Waals surface area contributed by atoms with Crippen LogP contribution in [0.1, 0.15) is 24.8 Å². The Labute approximate surface area is 155 Å². The molecule has 0 bridgehead atoms. The molecular weight excluding hydrogens is 354 g/mol. The predicted molar refractivity (Wildman–Crippen MR) is 99.2 cm³/mol. The van der Waals surface area contributed by atoms with Crippen molar-refractivity contribution >= 4 is 16.1 Å². The summed E-state index contributed by atoms with van der Waals surface area (Å²) in [6.45, 7) is 2.59. The third-order valence-corrected chi connectivity index (χ3v) is 7.02. The largest absolute Gasteiger partial charge is 0.445 e. The summed E-state index contributed by atoms with van der Waals surface area (Å²) < 4.78 is 33.4. The highest BCUT2D eigenvalue weighted by Gasteiger charge is 2.37. The van der Waals surface area contributed by atoms with Crippen LogP contribution in [0, 0.1) is 0 Å². The molecule has 144 valence electrons. The summed E-state index contributed by atoms with van der Waals surface area (Å²) in [5.74, 6) is 0. The minimum atomic E-state index is -3.43. The number of carbonyl (C=O) groups excluding carboxylic acids is 1. The fraction of sp³-hybridized carbons (Fsp3) is 0.611. The van der Waals surface area contributed by atoms with Gasteiger partial charge in [-0.05, 0) is 45.0 Å². The van der Waals surface area contributed by atoms with E-state index in [2.05, 4.69) is 9.62 Å². The maximum absolute atomic E-state index is 12.6. The van der Waals surface area contributed by atoms with Crippen molar-refractivity contribution in [3.63, 3.8) is 0 Å². The number of sulfonamides is 1. The van der Waals surface area contributed by atoms with E-state index in [1.165, 1.54) is 4.90 Å². The molecule has 1 N–H and O–H groups in total. The second kappa shape index (κ2) is 8.37. The average molecular weight is 381 g/mol. The van der Waals surface area contributed by atoms with Crippen molar-refractivity contribution in [1.29, 1.82) is 0 Å². The Morgan fingerprint density at radius 2 is 1.85 bits per heavy atom. The molecule has 3 rings (SSSR count). The molecule has 1 aromatic carbocycles. The van der Waals surface area contributed by atoms with E-state index >= 15 is 0 Å². The first-order valence-electron chi connectivity index (χ1n) is 9.09. The van der Waals surface area contributed by atoms with Crippen molar-refractivity contribution in [2.24, 2.45) is 0 Å². The minimum Gasteiger partial charge on any atom is -0.445 e. The van der Waals surface area contributed by atoms with Crippen molar-refractivity contribution in [3.8, 4) is 0 Å². The van der Waals surface area contributed by atoms with E-state index in [0.29, 0.717) is 13.0 Å². The molecule has 0 aliphatic carbocycles. The number of hydrogen-bond acceptors (Lipinski definition) is 5. The lowest BCUT2D eigenvalue weighted by Crippen LogP contribution is -2.47. The molecule has 1 unspecified atom stereocenters. The number of ether oxygens (including phenoxy) is 1. The Kier molecular flexibility index (Phi) is 6.16. The lowest BCUT2D eigenvalue weighted by atomic mass is 10.1. The van der Waals surface area contributed by atoms with Crippen molar-refractivity contribution in [3.05, 3.63) is 35.9 Å². The van der Waals surface area contributed by atoms with Crippen LogP contribution in [0.25, 0.3) is 0 Å². The molecule has 0 aromatic heterocycles. The van der Waals surface area contributed by atoms with Crippen molar-refractivity contribution in [2.45, 2.75) is 37.2 Å². The maximum atomic E-state index is 12.6. The third kappa shape index (κ3) is 4.96. The standard InChI is InChI=1S/C18H27N3O4S/c1-20-10-7-16(8-11-20)19-26(23,24)17-9-12-21(13-17)18(22)25-14-15-5-3-2-4-6-15/h2-6,16-17,19H,7-14H2,1H3. The number of piperidine rings is 1. The van der Waals surface area contributed by atoms with E-state index < -0.39 is 21.4 Å². The van der Waals surface area contributed by atoms with E-state index in [1.807, 2.05) is 37.4 Å². The highest BCUT2D eigenvalue weighted by Crippen LogP contribution is 2.19. The van der Waals surface area contributed by atoms with Gasteiger partial charge in [0.2, 0.25) is 10.0 Å². The number of nitrogens with one attached hydrogen (secondary N) is 1. The second-order valence-corrected chi connectivity index (χ2v) is 9.13. The second-order valence-electron chi connectivity index (χ2n) is 7.14. The lowest BCUT2D eigenvalue weighted by molar-refractivity contribution is 0.104. The van der Waals surface area contributed by atoms with E-state index in [-0.39, 0.29) is 19.2 Å². The maximum Gasteiger partial charge on any atom is 0.410 e. The minimum absolute atomic E-state index is 0.00437. The summed E-state index contributed by atoms with van der Waals surface area (Å²) in [4.78, 5) is 15.9. The number of likely N-dealkylation sites (tertiary alicyclic amines) is 2. The number of rotatable bonds is 5. The summed E-state index contributed by atoms with van der Waals surface area (Å²) in [5.41, 5.74) is 0.910. The van der Waals surface area contributed by atoms with Crippen molar-refractivity contribution in [1.82, 2.24) is 14.5 Å². The van der Waals surface area contributed by atoms with Gasteiger partial charge in [-0.25, -0.2) is 17.9 Å². The zero-order chi connectivity index (χ0) is 18.6. The van der Waals surface area contributed by atoms with Crippen molar-refractivity contribution < 1.29 is 17.9 Å². The fourth-order valence-electron chi connectivity index (χ4n) is 3.41. The van der Waals surface area contributed by atoms with Crippen LogP contribution in [0.3, 0.4) is 0 Å². The van der Waals surface area contributed by atoms with Crippen LogP contribution in [-0.4, -0.2) is 68.8 Å². The monoisotopic (exact) mass is 381 g/mol. The highest BCUT2D eigenvalue weighted by atomic mass is 32.2. The molecule has 7 nitrogen and oxygen atoms in total. The van der Waals surface area contributed by atoms with Crippen LogP contribution in [0.5, 0.6) is 0 Å². The normalized spacial score (nSPS) is 22.5. The number of carbonyl (C=O) groups is 1. The van der Waals surface area contributed by atoms with Gasteiger partial charge in [0, 0.05) is 19.1 Å². The smallest absolute Gasteiger partial charge is 0.410 e. The van der Waals surface area contributed by atoms with Crippen molar-refractivity contribution in [2.75, 3.05) is 33.2 Å². The molecule has 1 atom stereocenters. The molecule has 2 heterocycles. The molecule has 8 heteroatoms. The van der Waals surface area contributed by atoms with Gasteiger partial charge in [0.1, 0.15) is 6.61 Å². The Hall–Kier alpha value is -1.64. The van der Waals surface area contributed by atoms with Gasteiger partial charge in [-0.2, -0.15) is 0 Å². The Bertz CT molecular complexity index is 702. The molecule has 0 spiro atoms. The van der Waals surface area contributed by atoms with E-state index in [0.717, 1.165) is 31.5 Å². The summed E-state index contributed by atoms with van der Waals surface area (Å²) >= 11 is 0. The summed E-state index contributed by atoms with van der Waals surface area (Å²) in [6, 6.07) is 9.44. The molecule has 0 radical (unpaired) electrons. The fourth-order valence-corrected chi connectivity index (χ4v) is 5.10. The van der Waals surface area contributed by atoms with Gasteiger partial charge in [-0.1, -0.05) is 30.3 Å². The van der Waals surface area contributed by atoms with Crippen LogP contribution in [0.2, 0.25) is 0 Å². The summed E-state index contributed by atoms with van der Waals surface area (Å²) in [6.07, 6.45) is 1.64. The lowest BCUT2D eigenvalue weighted by Gasteiger charge is -2.30. The molecule has 1 amide bonds. The van der Waals surface area contributed by atoms with Crippen LogP contribution >= 0.6 is 0 Å². The molecule has 26 heavy (non-hydrogen) atoms. The number of benzene rings is 1. The topological polar surface area (TPSA) is 79.0 Å². The zero-order valence-corrected chi connectivity index (χ0v) is 16.0. The van der Waals surface area contributed by atoms with Gasteiger partial charge in [-0.3, -0.25) is 0 Å². The predicted octanol–water partition coefficient (Wildman–Crippen LogP) is 1.41. The molecule has 2 aliphatic heterocycles. The first-order chi connectivity index (χ1) is 12.4. The van der Waals surface area contributed by atoms with Crippen LogP contribution in [0.4, 0.5) is 4.79 Å².